The van der Waals surface area contributed by atoms with Gasteiger partial charge in [-0.25, -0.2) is 8.42 Å². The van der Waals surface area contributed by atoms with E-state index in [1.54, 1.807) is 0 Å². The number of hydrogen-bond acceptors (Lipinski definition) is 6. The molecule has 4 atom stereocenters. The summed E-state index contributed by atoms with van der Waals surface area (Å²) in [6.07, 6.45) is 4.64. The highest BCUT2D eigenvalue weighted by Crippen LogP contribution is 2.51. The molecule has 6 nitrogen and oxygen atoms in total. The van der Waals surface area contributed by atoms with Crippen LogP contribution in [0.3, 0.4) is 0 Å². The van der Waals surface area contributed by atoms with Crippen LogP contribution in [0.1, 0.15) is 36.9 Å². The molecular formula is C11H17N3O3S. The summed E-state index contributed by atoms with van der Waals surface area (Å²) in [5, 5.41) is 3.74. The molecule has 18 heavy (non-hydrogen) atoms. The monoisotopic (exact) mass is 271 g/mol. The third kappa shape index (κ3) is 2.05. The van der Waals surface area contributed by atoms with Crippen molar-refractivity contribution >= 4 is 9.84 Å². The van der Waals surface area contributed by atoms with Gasteiger partial charge in [0.1, 0.15) is 5.75 Å². The van der Waals surface area contributed by atoms with Crippen molar-refractivity contribution in [1.29, 1.82) is 0 Å². The Morgan fingerprint density at radius 1 is 1.39 bits per heavy atom. The first-order chi connectivity index (χ1) is 8.44. The van der Waals surface area contributed by atoms with Gasteiger partial charge >= 0.3 is 0 Å². The quantitative estimate of drug-likeness (QED) is 0.857. The summed E-state index contributed by atoms with van der Waals surface area (Å²) in [5.41, 5.74) is 6.19. The Kier molecular flexibility index (Phi) is 2.71. The first-order valence-electron chi connectivity index (χ1n) is 6.20. The molecule has 100 valence electrons. The van der Waals surface area contributed by atoms with E-state index in [4.69, 9.17) is 10.3 Å². The second-order valence-electron chi connectivity index (χ2n) is 5.56. The molecule has 0 saturated heterocycles. The minimum absolute atomic E-state index is 0.0790. The normalized spacial score (nSPS) is 35.2. The zero-order valence-corrected chi connectivity index (χ0v) is 11.1. The molecule has 1 aromatic rings. The Hall–Kier alpha value is -0.950. The highest BCUT2D eigenvalue weighted by molar-refractivity contribution is 7.89. The van der Waals surface area contributed by atoms with Crippen LogP contribution in [0.25, 0.3) is 0 Å². The molecule has 1 heterocycles. The smallest absolute Gasteiger partial charge is 0.231 e. The van der Waals surface area contributed by atoms with Crippen molar-refractivity contribution in [3.63, 3.8) is 0 Å². The van der Waals surface area contributed by atoms with Crippen LogP contribution < -0.4 is 5.73 Å². The Balaban J connectivity index is 1.82. The van der Waals surface area contributed by atoms with E-state index in [0.717, 1.165) is 19.1 Å². The van der Waals surface area contributed by atoms with Crippen LogP contribution in [0.5, 0.6) is 0 Å². The van der Waals surface area contributed by atoms with Crippen molar-refractivity contribution in [3.8, 4) is 0 Å². The van der Waals surface area contributed by atoms with Crippen molar-refractivity contribution < 1.29 is 12.9 Å². The molecule has 2 aliphatic rings. The summed E-state index contributed by atoms with van der Waals surface area (Å²) in [7, 11) is -3.13. The summed E-state index contributed by atoms with van der Waals surface area (Å²) in [6.45, 7) is 0. The molecule has 7 heteroatoms. The number of rotatable bonds is 3. The number of nitrogens with zero attached hydrogens (tertiary/aromatic N) is 2. The minimum atomic E-state index is -3.13. The van der Waals surface area contributed by atoms with E-state index < -0.39 is 9.84 Å². The zero-order chi connectivity index (χ0) is 12.9. The highest BCUT2D eigenvalue weighted by Gasteiger charge is 2.48. The number of nitrogens with two attached hydrogens (primary N) is 1. The third-order valence-corrected chi connectivity index (χ3v) is 4.92. The Morgan fingerprint density at radius 3 is 2.72 bits per heavy atom. The summed E-state index contributed by atoms with van der Waals surface area (Å²) < 4.78 is 27.6. The van der Waals surface area contributed by atoms with E-state index in [1.165, 1.54) is 6.42 Å². The molecule has 0 aromatic carbocycles. The molecule has 1 aromatic heterocycles. The van der Waals surface area contributed by atoms with Gasteiger partial charge in [0.2, 0.25) is 5.89 Å². The molecule has 0 radical (unpaired) electrons. The van der Waals surface area contributed by atoms with Gasteiger partial charge in [0.15, 0.2) is 15.7 Å². The molecule has 3 rings (SSSR count). The number of sulfone groups is 1. The maximum Gasteiger partial charge on any atom is 0.231 e. The topological polar surface area (TPSA) is 99.1 Å². The van der Waals surface area contributed by atoms with Gasteiger partial charge in [-0.1, -0.05) is 5.16 Å². The van der Waals surface area contributed by atoms with Gasteiger partial charge < -0.3 is 10.3 Å². The number of hydrogen-bond donors (Lipinski definition) is 1. The van der Waals surface area contributed by atoms with Crippen molar-refractivity contribution in [1.82, 2.24) is 10.1 Å². The van der Waals surface area contributed by atoms with Gasteiger partial charge in [-0.05, 0) is 31.1 Å². The second-order valence-corrected chi connectivity index (χ2v) is 7.70. The van der Waals surface area contributed by atoms with Gasteiger partial charge in [0, 0.05) is 12.3 Å². The first kappa shape index (κ1) is 12.1. The first-order valence-corrected chi connectivity index (χ1v) is 8.26. The Labute approximate surface area is 106 Å². The lowest BCUT2D eigenvalue weighted by atomic mass is 9.85. The van der Waals surface area contributed by atoms with E-state index in [0.29, 0.717) is 17.7 Å². The van der Waals surface area contributed by atoms with Crippen LogP contribution in [0.4, 0.5) is 0 Å². The number of aromatic nitrogens is 2. The van der Waals surface area contributed by atoms with Crippen LogP contribution in [0, 0.1) is 11.8 Å². The molecule has 4 unspecified atom stereocenters. The summed E-state index contributed by atoms with van der Waals surface area (Å²) >= 11 is 0. The fourth-order valence-corrected chi connectivity index (χ4v) is 3.98. The van der Waals surface area contributed by atoms with Crippen LogP contribution >= 0.6 is 0 Å². The fraction of sp³-hybridized carbons (Fsp3) is 0.818. The highest BCUT2D eigenvalue weighted by atomic mass is 32.2. The molecule has 2 saturated carbocycles. The molecule has 2 aliphatic carbocycles. The van der Waals surface area contributed by atoms with Crippen molar-refractivity contribution in [3.05, 3.63) is 11.7 Å². The summed E-state index contributed by atoms with van der Waals surface area (Å²) in [4.78, 5) is 4.21. The lowest BCUT2D eigenvalue weighted by Crippen LogP contribution is -2.34. The van der Waals surface area contributed by atoms with E-state index in [1.807, 2.05) is 0 Å². The maximum absolute atomic E-state index is 11.2. The van der Waals surface area contributed by atoms with Crippen molar-refractivity contribution in [2.45, 2.75) is 37.0 Å². The van der Waals surface area contributed by atoms with Crippen molar-refractivity contribution in [2.75, 3.05) is 6.26 Å². The third-order valence-electron chi connectivity index (χ3n) is 4.14. The van der Waals surface area contributed by atoms with E-state index in [9.17, 15) is 8.42 Å². The van der Waals surface area contributed by atoms with Crippen LogP contribution in [0.15, 0.2) is 4.52 Å². The average Bonchev–Trinajstić information content (AvgIpc) is 2.90. The lowest BCUT2D eigenvalue weighted by molar-refractivity contribution is 0.278. The molecule has 2 fully saturated rings. The SMILES string of the molecule is CS(=O)(=O)Cc1noc(C2C3CCC(C3)C2N)n1. The van der Waals surface area contributed by atoms with Crippen molar-refractivity contribution in [2.24, 2.45) is 17.6 Å². The minimum Gasteiger partial charge on any atom is -0.339 e. The Morgan fingerprint density at radius 2 is 2.11 bits per heavy atom. The standard InChI is InChI=1S/C11H17N3O3S/c1-18(15,16)5-8-13-11(17-14-8)9-6-2-3-7(4-6)10(9)12/h6-7,9-10H,2-5,12H2,1H3. The van der Waals surface area contributed by atoms with Crippen LogP contribution in [-0.2, 0) is 15.6 Å². The molecule has 0 amide bonds. The maximum atomic E-state index is 11.2. The largest absolute Gasteiger partial charge is 0.339 e. The van der Waals surface area contributed by atoms with Gasteiger partial charge in [-0.15, -0.1) is 0 Å². The summed E-state index contributed by atoms with van der Waals surface area (Å²) in [5.74, 6) is 1.79. The summed E-state index contributed by atoms with van der Waals surface area (Å²) in [6, 6.07) is 0.0790. The lowest BCUT2D eigenvalue weighted by Gasteiger charge is -2.24. The fourth-order valence-electron chi connectivity index (χ4n) is 3.40. The predicted molar refractivity (Wildman–Crippen MR) is 64.4 cm³/mol. The zero-order valence-electron chi connectivity index (χ0n) is 10.2. The molecule has 0 spiro atoms. The van der Waals surface area contributed by atoms with Gasteiger partial charge in [-0.2, -0.15) is 4.98 Å². The van der Waals surface area contributed by atoms with E-state index in [2.05, 4.69) is 10.1 Å². The van der Waals surface area contributed by atoms with Gasteiger partial charge in [0.25, 0.3) is 0 Å². The molecule has 2 bridgehead atoms. The van der Waals surface area contributed by atoms with Crippen LogP contribution in [0.2, 0.25) is 0 Å². The molecular weight excluding hydrogens is 254 g/mol. The van der Waals surface area contributed by atoms with E-state index >= 15 is 0 Å². The number of fused-ring (bicyclic) bond motifs is 2. The average molecular weight is 271 g/mol. The van der Waals surface area contributed by atoms with Gasteiger partial charge in [-0.3, -0.25) is 0 Å². The van der Waals surface area contributed by atoms with Crippen LogP contribution in [-0.4, -0.2) is 30.9 Å². The molecule has 0 aliphatic heterocycles. The second kappa shape index (κ2) is 4.03. The Bertz CT molecular complexity index is 552. The molecule has 2 N–H and O–H groups in total. The van der Waals surface area contributed by atoms with Gasteiger partial charge in [0.05, 0.1) is 5.92 Å². The van der Waals surface area contributed by atoms with E-state index in [-0.39, 0.29) is 23.5 Å². The predicted octanol–water partition coefficient (Wildman–Crippen LogP) is 0.455.